The molecule has 26 heavy (non-hydrogen) atoms. The van der Waals surface area contributed by atoms with E-state index in [0.717, 1.165) is 16.3 Å². The molecule has 0 saturated carbocycles. The van der Waals surface area contributed by atoms with Crippen molar-refractivity contribution in [1.29, 1.82) is 0 Å². The van der Waals surface area contributed by atoms with Crippen molar-refractivity contribution >= 4 is 22.8 Å². The summed E-state index contributed by atoms with van der Waals surface area (Å²) in [6.07, 6.45) is -0.670. The van der Waals surface area contributed by atoms with Crippen LogP contribution in [0.3, 0.4) is 0 Å². The van der Waals surface area contributed by atoms with Gasteiger partial charge in [0, 0.05) is 5.39 Å². The zero-order valence-corrected chi connectivity index (χ0v) is 14.3. The lowest BCUT2D eigenvalue weighted by Crippen LogP contribution is -2.41. The lowest BCUT2D eigenvalue weighted by molar-refractivity contribution is -0.136. The predicted molar refractivity (Wildman–Crippen MR) is 98.8 cm³/mol. The number of benzene rings is 3. The molecule has 0 spiro atoms. The largest absolute Gasteiger partial charge is 0.445 e. The smallest absolute Gasteiger partial charge is 0.408 e. The molecule has 1 N–H and O–H groups in total. The standard InChI is InChI=1S/C21H19NO4/c1-15(22-21(24)25-14-16-8-3-2-4-9-16)20(23)26-19-13-7-11-17-10-5-6-12-18(17)19/h2-13,15H,14H2,1H3,(H,22,24)/t15-/m0/s1. The normalized spacial score (nSPS) is 11.6. The molecule has 0 aliphatic rings. The second-order valence-corrected chi connectivity index (χ2v) is 5.83. The molecule has 0 aliphatic heterocycles. The molecule has 3 aromatic carbocycles. The number of rotatable bonds is 5. The van der Waals surface area contributed by atoms with Crippen molar-refractivity contribution in [1.82, 2.24) is 5.32 Å². The Labute approximate surface area is 151 Å². The maximum atomic E-state index is 12.3. The van der Waals surface area contributed by atoms with Crippen LogP contribution in [0.1, 0.15) is 12.5 Å². The van der Waals surface area contributed by atoms with Gasteiger partial charge in [-0.15, -0.1) is 0 Å². The molecule has 0 saturated heterocycles. The molecule has 1 amide bonds. The molecule has 0 radical (unpaired) electrons. The van der Waals surface area contributed by atoms with Gasteiger partial charge in [0.05, 0.1) is 0 Å². The molecule has 3 rings (SSSR count). The number of hydrogen-bond donors (Lipinski definition) is 1. The van der Waals surface area contributed by atoms with E-state index in [0.29, 0.717) is 5.75 Å². The van der Waals surface area contributed by atoms with Crippen LogP contribution in [0, 0.1) is 0 Å². The van der Waals surface area contributed by atoms with Crippen molar-refractivity contribution in [2.24, 2.45) is 0 Å². The molecular weight excluding hydrogens is 330 g/mol. The highest BCUT2D eigenvalue weighted by Crippen LogP contribution is 2.25. The van der Waals surface area contributed by atoms with E-state index < -0.39 is 18.1 Å². The quantitative estimate of drug-likeness (QED) is 0.557. The fourth-order valence-electron chi connectivity index (χ4n) is 2.48. The molecule has 132 valence electrons. The molecule has 0 unspecified atom stereocenters. The summed E-state index contributed by atoms with van der Waals surface area (Å²) in [7, 11) is 0. The van der Waals surface area contributed by atoms with Crippen LogP contribution in [-0.2, 0) is 16.1 Å². The monoisotopic (exact) mass is 349 g/mol. The summed E-state index contributed by atoms with van der Waals surface area (Å²) < 4.78 is 10.6. The highest BCUT2D eigenvalue weighted by molar-refractivity contribution is 5.91. The molecule has 5 heteroatoms. The first-order valence-corrected chi connectivity index (χ1v) is 8.30. The van der Waals surface area contributed by atoms with Gasteiger partial charge in [0.25, 0.3) is 0 Å². The summed E-state index contributed by atoms with van der Waals surface area (Å²) in [5.41, 5.74) is 0.869. The van der Waals surface area contributed by atoms with Crippen LogP contribution in [0.5, 0.6) is 5.75 Å². The third kappa shape index (κ3) is 4.39. The van der Waals surface area contributed by atoms with Crippen LogP contribution in [0.15, 0.2) is 72.8 Å². The van der Waals surface area contributed by atoms with Crippen LogP contribution in [0.25, 0.3) is 10.8 Å². The average molecular weight is 349 g/mol. The van der Waals surface area contributed by atoms with E-state index in [1.165, 1.54) is 0 Å². The number of esters is 1. The number of alkyl carbamates (subject to hydrolysis) is 1. The topological polar surface area (TPSA) is 64.6 Å². The Bertz CT molecular complexity index is 903. The maximum Gasteiger partial charge on any atom is 0.408 e. The van der Waals surface area contributed by atoms with Gasteiger partial charge in [-0.1, -0.05) is 66.7 Å². The number of carbonyl (C=O) groups is 2. The molecule has 1 atom stereocenters. The predicted octanol–water partition coefficient (Wildman–Crippen LogP) is 4.06. The first-order chi connectivity index (χ1) is 12.6. The Balaban J connectivity index is 1.56. The SMILES string of the molecule is C[C@H](NC(=O)OCc1ccccc1)C(=O)Oc1cccc2ccccc12. The number of fused-ring (bicyclic) bond motifs is 1. The van der Waals surface area contributed by atoms with Gasteiger partial charge in [0.1, 0.15) is 18.4 Å². The minimum Gasteiger partial charge on any atom is -0.445 e. The van der Waals surface area contributed by atoms with Gasteiger partial charge >= 0.3 is 12.1 Å². The van der Waals surface area contributed by atoms with Crippen molar-refractivity contribution in [3.05, 3.63) is 78.4 Å². The molecule has 0 aromatic heterocycles. The second-order valence-electron chi connectivity index (χ2n) is 5.83. The van der Waals surface area contributed by atoms with Gasteiger partial charge in [0.15, 0.2) is 0 Å². The lowest BCUT2D eigenvalue weighted by Gasteiger charge is -2.14. The Morgan fingerprint density at radius 3 is 2.42 bits per heavy atom. The first-order valence-electron chi connectivity index (χ1n) is 8.30. The second kappa shape index (κ2) is 8.16. The summed E-state index contributed by atoms with van der Waals surface area (Å²) in [5, 5.41) is 4.29. The Morgan fingerprint density at radius 2 is 1.62 bits per heavy atom. The van der Waals surface area contributed by atoms with E-state index in [-0.39, 0.29) is 6.61 Å². The number of hydrogen-bond acceptors (Lipinski definition) is 4. The number of ether oxygens (including phenoxy) is 2. The van der Waals surface area contributed by atoms with Crippen LogP contribution >= 0.6 is 0 Å². The minimum absolute atomic E-state index is 0.137. The molecule has 5 nitrogen and oxygen atoms in total. The molecule has 0 aliphatic carbocycles. The fourth-order valence-corrected chi connectivity index (χ4v) is 2.48. The molecular formula is C21H19NO4. The van der Waals surface area contributed by atoms with Gasteiger partial charge in [-0.25, -0.2) is 9.59 Å². The zero-order valence-electron chi connectivity index (χ0n) is 14.3. The minimum atomic E-state index is -0.836. The van der Waals surface area contributed by atoms with Gasteiger partial charge in [0.2, 0.25) is 0 Å². The molecule has 0 bridgehead atoms. The fraction of sp³-hybridized carbons (Fsp3) is 0.143. The number of carbonyl (C=O) groups excluding carboxylic acids is 2. The van der Waals surface area contributed by atoms with Crippen LogP contribution in [-0.4, -0.2) is 18.1 Å². The molecule has 0 heterocycles. The summed E-state index contributed by atoms with van der Waals surface area (Å²) in [5.74, 6) is -0.0996. The average Bonchev–Trinajstić information content (AvgIpc) is 2.67. The van der Waals surface area contributed by atoms with Crippen molar-refractivity contribution in [2.45, 2.75) is 19.6 Å². The number of nitrogens with one attached hydrogen (secondary N) is 1. The van der Waals surface area contributed by atoms with E-state index in [9.17, 15) is 9.59 Å². The summed E-state index contributed by atoms with van der Waals surface area (Å²) in [4.78, 5) is 24.1. The van der Waals surface area contributed by atoms with E-state index in [1.807, 2.05) is 66.7 Å². The van der Waals surface area contributed by atoms with E-state index in [2.05, 4.69) is 5.32 Å². The van der Waals surface area contributed by atoms with Crippen molar-refractivity contribution in [3.8, 4) is 5.75 Å². The van der Waals surface area contributed by atoms with Gasteiger partial charge in [-0.2, -0.15) is 0 Å². The van der Waals surface area contributed by atoms with Crippen LogP contribution in [0.2, 0.25) is 0 Å². The molecule has 3 aromatic rings. The summed E-state index contributed by atoms with van der Waals surface area (Å²) in [6.45, 7) is 1.69. The van der Waals surface area contributed by atoms with E-state index in [1.54, 1.807) is 13.0 Å². The summed E-state index contributed by atoms with van der Waals surface area (Å²) in [6, 6.07) is 21.6. The maximum absolute atomic E-state index is 12.3. The van der Waals surface area contributed by atoms with Crippen molar-refractivity contribution in [3.63, 3.8) is 0 Å². The van der Waals surface area contributed by atoms with E-state index >= 15 is 0 Å². The van der Waals surface area contributed by atoms with Gasteiger partial charge < -0.3 is 14.8 Å². The highest BCUT2D eigenvalue weighted by atomic mass is 16.6. The van der Waals surface area contributed by atoms with Crippen molar-refractivity contribution < 1.29 is 19.1 Å². The Kier molecular flexibility index (Phi) is 5.49. The number of amides is 1. The third-order valence-electron chi connectivity index (χ3n) is 3.86. The highest BCUT2D eigenvalue weighted by Gasteiger charge is 2.19. The first kappa shape index (κ1) is 17.5. The van der Waals surface area contributed by atoms with Crippen molar-refractivity contribution in [2.75, 3.05) is 0 Å². The molecule has 0 fully saturated rings. The summed E-state index contributed by atoms with van der Waals surface area (Å²) >= 11 is 0. The Hall–Kier alpha value is -3.34. The third-order valence-corrected chi connectivity index (χ3v) is 3.86. The van der Waals surface area contributed by atoms with Gasteiger partial charge in [-0.3, -0.25) is 0 Å². The van der Waals surface area contributed by atoms with E-state index in [4.69, 9.17) is 9.47 Å². The Morgan fingerprint density at radius 1 is 0.923 bits per heavy atom. The van der Waals surface area contributed by atoms with Crippen LogP contribution < -0.4 is 10.1 Å². The zero-order chi connectivity index (χ0) is 18.4. The van der Waals surface area contributed by atoms with Crippen LogP contribution in [0.4, 0.5) is 4.79 Å². The van der Waals surface area contributed by atoms with Gasteiger partial charge in [-0.05, 0) is 23.9 Å². The lowest BCUT2D eigenvalue weighted by atomic mass is 10.1.